The summed E-state index contributed by atoms with van der Waals surface area (Å²) in [6, 6.07) is 9.72. The van der Waals surface area contributed by atoms with E-state index in [-0.39, 0.29) is 0 Å². The Hall–Kier alpha value is -0.470. The molecule has 0 aromatic heterocycles. The number of aryl methyl sites for hydroxylation is 1. The van der Waals surface area contributed by atoms with E-state index in [4.69, 9.17) is 0 Å². The second-order valence-corrected chi connectivity index (χ2v) is 6.98. The summed E-state index contributed by atoms with van der Waals surface area (Å²) in [5.41, 5.74) is 1.35. The van der Waals surface area contributed by atoms with Gasteiger partial charge in [0.1, 0.15) is 0 Å². The van der Waals surface area contributed by atoms with E-state index in [2.05, 4.69) is 36.5 Å². The maximum absolute atomic E-state index is 3.80. The van der Waals surface area contributed by atoms with Crippen LogP contribution in [0.15, 0.2) is 29.2 Å². The molecule has 3 rings (SSSR count). The first kappa shape index (κ1) is 12.6. The molecule has 0 radical (unpaired) electrons. The third-order valence-electron chi connectivity index (χ3n) is 4.03. The summed E-state index contributed by atoms with van der Waals surface area (Å²) in [6.07, 6.45) is 5.89. The van der Waals surface area contributed by atoms with Gasteiger partial charge in [0.15, 0.2) is 0 Å². The zero-order valence-electron chi connectivity index (χ0n) is 11.2. The Morgan fingerprint density at radius 1 is 1.11 bits per heavy atom. The molecule has 0 atom stereocenters. The molecular formula is C16H23NS. The summed E-state index contributed by atoms with van der Waals surface area (Å²) in [7, 11) is 0. The van der Waals surface area contributed by atoms with Crippen molar-refractivity contribution < 1.29 is 0 Å². The molecule has 0 saturated heterocycles. The molecular weight excluding hydrogens is 238 g/mol. The Bertz CT molecular complexity index is 367. The molecule has 1 N–H and O–H groups in total. The third-order valence-corrected chi connectivity index (χ3v) is 5.05. The van der Waals surface area contributed by atoms with E-state index >= 15 is 0 Å². The molecule has 1 nitrogen and oxygen atoms in total. The average Bonchev–Trinajstić information content (AvgIpc) is 3.25. The molecule has 1 aromatic rings. The Morgan fingerprint density at radius 2 is 1.72 bits per heavy atom. The molecule has 0 aliphatic heterocycles. The van der Waals surface area contributed by atoms with Gasteiger partial charge in [0.05, 0.1) is 0 Å². The van der Waals surface area contributed by atoms with E-state index in [1.165, 1.54) is 41.9 Å². The number of benzene rings is 1. The Kier molecular flexibility index (Phi) is 3.95. The minimum absolute atomic E-state index is 0.851. The molecule has 2 aliphatic rings. The van der Waals surface area contributed by atoms with Gasteiger partial charge in [-0.05, 0) is 56.6 Å². The van der Waals surface area contributed by atoms with Crippen molar-refractivity contribution in [3.8, 4) is 0 Å². The lowest BCUT2D eigenvalue weighted by molar-refractivity contribution is 0.429. The summed E-state index contributed by atoms with van der Waals surface area (Å²) in [5.74, 6) is 3.22. The van der Waals surface area contributed by atoms with Crippen molar-refractivity contribution in [1.29, 1.82) is 0 Å². The van der Waals surface area contributed by atoms with Crippen LogP contribution in [0.5, 0.6) is 0 Å². The monoisotopic (exact) mass is 261 g/mol. The van der Waals surface area contributed by atoms with E-state index in [9.17, 15) is 0 Å². The van der Waals surface area contributed by atoms with Crippen molar-refractivity contribution in [3.63, 3.8) is 0 Å². The van der Waals surface area contributed by atoms with E-state index in [1.807, 2.05) is 11.8 Å². The molecule has 0 unspecified atom stereocenters. The Labute approximate surface area is 115 Å². The highest BCUT2D eigenvalue weighted by atomic mass is 32.2. The van der Waals surface area contributed by atoms with Gasteiger partial charge in [-0.3, -0.25) is 0 Å². The molecule has 0 spiro atoms. The number of hydrogen-bond donors (Lipinski definition) is 1. The lowest BCUT2D eigenvalue weighted by Crippen LogP contribution is -2.34. The van der Waals surface area contributed by atoms with E-state index in [0.29, 0.717) is 0 Å². The van der Waals surface area contributed by atoms with E-state index in [1.54, 1.807) is 0 Å². The largest absolute Gasteiger partial charge is 0.313 e. The van der Waals surface area contributed by atoms with Crippen molar-refractivity contribution >= 4 is 11.8 Å². The number of thioether (sulfide) groups is 1. The summed E-state index contributed by atoms with van der Waals surface area (Å²) < 4.78 is 0. The van der Waals surface area contributed by atoms with Crippen LogP contribution in [0.1, 0.15) is 31.2 Å². The van der Waals surface area contributed by atoms with Crippen LogP contribution in [-0.4, -0.2) is 18.3 Å². The van der Waals surface area contributed by atoms with Gasteiger partial charge < -0.3 is 5.32 Å². The minimum Gasteiger partial charge on any atom is -0.313 e. The van der Waals surface area contributed by atoms with Crippen LogP contribution in [0.2, 0.25) is 0 Å². The van der Waals surface area contributed by atoms with Gasteiger partial charge >= 0.3 is 0 Å². The summed E-state index contributed by atoms with van der Waals surface area (Å²) in [6.45, 7) is 3.31. The minimum atomic E-state index is 0.851. The van der Waals surface area contributed by atoms with E-state index in [0.717, 1.165) is 24.4 Å². The fraction of sp³-hybridized carbons (Fsp3) is 0.625. The van der Waals surface area contributed by atoms with Crippen molar-refractivity contribution in [3.05, 3.63) is 29.8 Å². The SMILES string of the molecule is Cc1ccc(SCCNC(C2CC2)C2CC2)cc1. The second-order valence-electron chi connectivity index (χ2n) is 5.82. The normalized spacial score (nSPS) is 19.4. The standard InChI is InChI=1S/C16H23NS/c1-12-2-8-15(9-3-12)18-11-10-17-16(13-4-5-13)14-6-7-14/h2-3,8-9,13-14,16-17H,4-7,10-11H2,1H3. The zero-order valence-corrected chi connectivity index (χ0v) is 12.0. The molecule has 2 heteroatoms. The highest BCUT2D eigenvalue weighted by molar-refractivity contribution is 7.99. The topological polar surface area (TPSA) is 12.0 Å². The summed E-state index contributed by atoms with van der Waals surface area (Å²) in [4.78, 5) is 1.40. The molecule has 2 saturated carbocycles. The van der Waals surface area contributed by atoms with Crippen LogP contribution >= 0.6 is 11.8 Å². The maximum atomic E-state index is 3.80. The van der Waals surface area contributed by atoms with Gasteiger partial charge in [0, 0.05) is 23.2 Å². The number of rotatable bonds is 7. The van der Waals surface area contributed by atoms with Crippen LogP contribution in [-0.2, 0) is 0 Å². The molecule has 18 heavy (non-hydrogen) atoms. The van der Waals surface area contributed by atoms with Gasteiger partial charge in [-0.25, -0.2) is 0 Å². The van der Waals surface area contributed by atoms with Gasteiger partial charge in [0.2, 0.25) is 0 Å². The van der Waals surface area contributed by atoms with E-state index < -0.39 is 0 Å². The molecule has 0 bridgehead atoms. The van der Waals surface area contributed by atoms with Gasteiger partial charge in [-0.15, -0.1) is 11.8 Å². The van der Waals surface area contributed by atoms with Crippen LogP contribution in [0.3, 0.4) is 0 Å². The first-order chi connectivity index (χ1) is 8.83. The molecule has 2 fully saturated rings. The predicted octanol–water partition coefficient (Wildman–Crippen LogP) is 3.87. The fourth-order valence-corrected chi connectivity index (χ4v) is 3.44. The fourth-order valence-electron chi connectivity index (χ4n) is 2.66. The van der Waals surface area contributed by atoms with Gasteiger partial charge in [0.25, 0.3) is 0 Å². The Morgan fingerprint density at radius 3 is 2.28 bits per heavy atom. The molecule has 1 aromatic carbocycles. The summed E-state index contributed by atoms with van der Waals surface area (Å²) >= 11 is 1.97. The first-order valence-electron chi connectivity index (χ1n) is 7.26. The third kappa shape index (κ3) is 3.52. The average molecular weight is 261 g/mol. The molecule has 2 aliphatic carbocycles. The maximum Gasteiger partial charge on any atom is 0.0124 e. The molecule has 98 valence electrons. The van der Waals surface area contributed by atoms with Gasteiger partial charge in [-0.2, -0.15) is 0 Å². The molecule has 0 heterocycles. The number of hydrogen-bond acceptors (Lipinski definition) is 2. The van der Waals surface area contributed by atoms with Crippen LogP contribution in [0, 0.1) is 18.8 Å². The lowest BCUT2D eigenvalue weighted by atomic mass is 10.1. The van der Waals surface area contributed by atoms with Gasteiger partial charge in [-0.1, -0.05) is 17.7 Å². The summed E-state index contributed by atoms with van der Waals surface area (Å²) in [5, 5.41) is 3.80. The van der Waals surface area contributed by atoms with Crippen LogP contribution in [0.4, 0.5) is 0 Å². The quantitative estimate of drug-likeness (QED) is 0.591. The van der Waals surface area contributed by atoms with Crippen LogP contribution in [0.25, 0.3) is 0 Å². The van der Waals surface area contributed by atoms with Crippen molar-refractivity contribution in [2.45, 2.75) is 43.5 Å². The lowest BCUT2D eigenvalue weighted by Gasteiger charge is -2.17. The predicted molar refractivity (Wildman–Crippen MR) is 79.1 cm³/mol. The van der Waals surface area contributed by atoms with Crippen molar-refractivity contribution in [2.24, 2.45) is 11.8 Å². The Balaban J connectivity index is 1.37. The first-order valence-corrected chi connectivity index (χ1v) is 8.24. The zero-order chi connectivity index (χ0) is 12.4. The molecule has 0 amide bonds. The second kappa shape index (κ2) is 5.66. The van der Waals surface area contributed by atoms with Crippen molar-refractivity contribution in [2.75, 3.05) is 12.3 Å². The smallest absolute Gasteiger partial charge is 0.0124 e. The highest BCUT2D eigenvalue weighted by Gasteiger charge is 2.40. The number of nitrogens with one attached hydrogen (secondary N) is 1. The van der Waals surface area contributed by atoms with Crippen molar-refractivity contribution in [1.82, 2.24) is 5.32 Å². The highest BCUT2D eigenvalue weighted by Crippen LogP contribution is 2.44. The van der Waals surface area contributed by atoms with Crippen LogP contribution < -0.4 is 5.32 Å².